The molecule has 0 aromatic heterocycles. The minimum absolute atomic E-state index is 0.000418. The number of carbonyl (C=O) groups excluding carboxylic acids is 1. The molecule has 0 aliphatic carbocycles. The van der Waals surface area contributed by atoms with Crippen LogP contribution < -0.4 is 9.16 Å². The van der Waals surface area contributed by atoms with Crippen molar-refractivity contribution in [2.45, 2.75) is 90.3 Å². The van der Waals surface area contributed by atoms with Crippen LogP contribution in [0.25, 0.3) is 0 Å². The third-order valence-electron chi connectivity index (χ3n) is 7.21. The molecule has 2 atom stereocenters. The summed E-state index contributed by atoms with van der Waals surface area (Å²) in [6.45, 7) is 21.2. The SMILES string of the molecule is COC(=O)C[C@H](C(=O)O)[C@H](O[Si](C)(C)C(C)(C)C)c1ccc(O[Si](C)(C)C(C)(C)C)c(OC)c1. The molecule has 0 bridgehead atoms. The van der Waals surface area contributed by atoms with E-state index in [1.54, 1.807) is 13.2 Å². The Morgan fingerprint density at radius 1 is 0.912 bits per heavy atom. The molecule has 0 saturated heterocycles. The highest BCUT2D eigenvalue weighted by Gasteiger charge is 2.44. The quantitative estimate of drug-likeness (QED) is 0.286. The predicted molar refractivity (Wildman–Crippen MR) is 140 cm³/mol. The number of esters is 1. The summed E-state index contributed by atoms with van der Waals surface area (Å²) in [6.07, 6.45) is -1.15. The summed E-state index contributed by atoms with van der Waals surface area (Å²) in [7, 11) is -1.72. The Bertz CT molecular complexity index is 867. The molecule has 1 rings (SSSR count). The van der Waals surface area contributed by atoms with Gasteiger partial charge < -0.3 is 23.4 Å². The third-order valence-corrected chi connectivity index (χ3v) is 16.0. The minimum atomic E-state index is -2.41. The summed E-state index contributed by atoms with van der Waals surface area (Å²) < 4.78 is 23.5. The van der Waals surface area contributed by atoms with E-state index in [0.717, 1.165) is 0 Å². The summed E-state index contributed by atoms with van der Waals surface area (Å²) in [5.41, 5.74) is 0.626. The van der Waals surface area contributed by atoms with Crippen LogP contribution in [0.5, 0.6) is 11.5 Å². The van der Waals surface area contributed by atoms with Crippen molar-refractivity contribution in [2.24, 2.45) is 5.92 Å². The predicted octanol–water partition coefficient (Wildman–Crippen LogP) is 6.41. The molecule has 7 nitrogen and oxygen atoms in total. The zero-order chi connectivity index (χ0) is 26.7. The van der Waals surface area contributed by atoms with Gasteiger partial charge >= 0.3 is 11.9 Å². The Labute approximate surface area is 207 Å². The average molecular weight is 513 g/mol. The highest BCUT2D eigenvalue weighted by molar-refractivity contribution is 6.75. The molecule has 0 aliphatic heterocycles. The standard InChI is InChI=1S/C25H44O7Si2/c1-24(2,3)33(9,10)31-19-14-13-17(15-20(19)29-7)22(32-34(11,12)25(4,5)6)18(23(27)28)16-21(26)30-8/h13-15,18,22H,16H2,1-12H3,(H,27,28)/t18-,22+/m0/s1. The van der Waals surface area contributed by atoms with Crippen LogP contribution in [0.2, 0.25) is 36.3 Å². The van der Waals surface area contributed by atoms with Gasteiger partial charge in [-0.2, -0.15) is 0 Å². The maximum atomic E-state index is 12.3. The average Bonchev–Trinajstić information content (AvgIpc) is 2.68. The molecule has 1 aromatic rings. The smallest absolute Gasteiger partial charge is 0.310 e. The third kappa shape index (κ3) is 7.32. The molecule has 1 N–H and O–H groups in total. The number of carboxylic acid groups (broad SMARTS) is 1. The molecule has 34 heavy (non-hydrogen) atoms. The van der Waals surface area contributed by atoms with Crippen LogP contribution in [0.1, 0.15) is 59.6 Å². The molecule has 0 radical (unpaired) electrons. The number of aliphatic carboxylic acids is 1. The van der Waals surface area contributed by atoms with Gasteiger partial charge in [-0.25, -0.2) is 0 Å². The molecule has 0 fully saturated rings. The lowest BCUT2D eigenvalue weighted by Gasteiger charge is -2.41. The molecular formula is C25H44O7Si2. The van der Waals surface area contributed by atoms with Gasteiger partial charge in [0.2, 0.25) is 0 Å². The fourth-order valence-corrected chi connectivity index (χ4v) is 5.15. The maximum Gasteiger partial charge on any atom is 0.310 e. The van der Waals surface area contributed by atoms with Crippen LogP contribution in [-0.4, -0.2) is 47.9 Å². The molecule has 0 aliphatic rings. The Hall–Kier alpha value is -1.85. The lowest BCUT2D eigenvalue weighted by atomic mass is 9.92. The Morgan fingerprint density at radius 2 is 1.44 bits per heavy atom. The molecular weight excluding hydrogens is 468 g/mol. The number of carbonyl (C=O) groups is 2. The summed E-state index contributed by atoms with van der Waals surface area (Å²) in [5.74, 6) is -1.70. The monoisotopic (exact) mass is 512 g/mol. The van der Waals surface area contributed by atoms with E-state index < -0.39 is 40.6 Å². The largest absolute Gasteiger partial charge is 0.541 e. The topological polar surface area (TPSA) is 91.3 Å². The van der Waals surface area contributed by atoms with Crippen molar-refractivity contribution < 1.29 is 33.0 Å². The Morgan fingerprint density at radius 3 is 1.85 bits per heavy atom. The van der Waals surface area contributed by atoms with Crippen molar-refractivity contribution in [3.05, 3.63) is 23.8 Å². The van der Waals surface area contributed by atoms with Crippen LogP contribution >= 0.6 is 0 Å². The first-order valence-electron chi connectivity index (χ1n) is 11.6. The number of benzene rings is 1. The maximum absolute atomic E-state index is 12.3. The molecule has 0 saturated carbocycles. The van der Waals surface area contributed by atoms with E-state index in [1.165, 1.54) is 7.11 Å². The first kappa shape index (κ1) is 30.2. The Balaban J connectivity index is 3.59. The van der Waals surface area contributed by atoms with E-state index >= 15 is 0 Å². The van der Waals surface area contributed by atoms with Crippen LogP contribution in [0.3, 0.4) is 0 Å². The normalized spacial score (nSPS) is 14.8. The van der Waals surface area contributed by atoms with Gasteiger partial charge in [-0.1, -0.05) is 47.6 Å². The number of carboxylic acids is 1. The Kier molecular flexibility index (Phi) is 9.61. The number of hydrogen-bond donors (Lipinski definition) is 1. The van der Waals surface area contributed by atoms with E-state index in [4.69, 9.17) is 18.3 Å². The second kappa shape index (κ2) is 10.8. The lowest BCUT2D eigenvalue weighted by molar-refractivity contribution is -0.153. The molecule has 0 unspecified atom stereocenters. The highest BCUT2D eigenvalue weighted by atomic mass is 28.4. The lowest BCUT2D eigenvalue weighted by Crippen LogP contribution is -2.44. The van der Waals surface area contributed by atoms with E-state index in [9.17, 15) is 14.7 Å². The molecule has 9 heteroatoms. The van der Waals surface area contributed by atoms with Crippen molar-refractivity contribution in [2.75, 3.05) is 14.2 Å². The van der Waals surface area contributed by atoms with Crippen LogP contribution in [0.4, 0.5) is 0 Å². The zero-order valence-corrected chi connectivity index (χ0v) is 25.0. The first-order valence-corrected chi connectivity index (χ1v) is 17.4. The number of rotatable bonds is 10. The van der Waals surface area contributed by atoms with Gasteiger partial charge in [-0.05, 0) is 54.0 Å². The summed E-state index contributed by atoms with van der Waals surface area (Å²) in [5, 5.41) is 9.89. The minimum Gasteiger partial charge on any atom is -0.541 e. The summed E-state index contributed by atoms with van der Waals surface area (Å²) >= 11 is 0. The zero-order valence-electron chi connectivity index (χ0n) is 23.0. The van der Waals surface area contributed by atoms with Crippen molar-refractivity contribution in [3.63, 3.8) is 0 Å². The number of methoxy groups -OCH3 is 2. The van der Waals surface area contributed by atoms with Crippen LogP contribution in [0.15, 0.2) is 18.2 Å². The fourth-order valence-electron chi connectivity index (χ4n) is 2.84. The van der Waals surface area contributed by atoms with E-state index in [1.807, 2.05) is 12.1 Å². The molecule has 1 aromatic carbocycles. The number of hydrogen-bond acceptors (Lipinski definition) is 6. The van der Waals surface area contributed by atoms with E-state index in [2.05, 4.69) is 67.7 Å². The van der Waals surface area contributed by atoms with Crippen molar-refractivity contribution in [1.29, 1.82) is 0 Å². The summed E-state index contributed by atoms with van der Waals surface area (Å²) in [6, 6.07) is 5.40. The van der Waals surface area contributed by atoms with Gasteiger partial charge in [0.05, 0.1) is 32.7 Å². The number of ether oxygens (including phenoxy) is 2. The second-order valence-corrected chi connectivity index (χ2v) is 21.3. The van der Waals surface area contributed by atoms with Gasteiger partial charge in [-0.15, -0.1) is 0 Å². The highest BCUT2D eigenvalue weighted by Crippen LogP contribution is 2.45. The molecule has 0 amide bonds. The van der Waals surface area contributed by atoms with Crippen molar-refractivity contribution in [1.82, 2.24) is 0 Å². The van der Waals surface area contributed by atoms with Gasteiger partial charge in [0.1, 0.15) is 5.75 Å². The second-order valence-electron chi connectivity index (χ2n) is 11.8. The van der Waals surface area contributed by atoms with Crippen molar-refractivity contribution >= 4 is 28.6 Å². The molecule has 0 spiro atoms. The molecule has 194 valence electrons. The van der Waals surface area contributed by atoms with Gasteiger partial charge in [0.15, 0.2) is 14.1 Å². The van der Waals surface area contributed by atoms with Crippen LogP contribution in [0, 0.1) is 5.92 Å². The van der Waals surface area contributed by atoms with Gasteiger partial charge in [-0.3, -0.25) is 9.59 Å². The van der Waals surface area contributed by atoms with E-state index in [-0.39, 0.29) is 16.5 Å². The van der Waals surface area contributed by atoms with Crippen LogP contribution in [-0.2, 0) is 18.8 Å². The van der Waals surface area contributed by atoms with E-state index in [0.29, 0.717) is 17.1 Å². The first-order chi connectivity index (χ1) is 15.3. The fraction of sp³-hybridized carbons (Fsp3) is 0.680. The van der Waals surface area contributed by atoms with Gasteiger partial charge in [0.25, 0.3) is 8.32 Å². The van der Waals surface area contributed by atoms with Gasteiger partial charge in [0, 0.05) is 0 Å². The summed E-state index contributed by atoms with van der Waals surface area (Å²) in [4.78, 5) is 24.4. The molecule has 0 heterocycles. The van der Waals surface area contributed by atoms with Crippen molar-refractivity contribution in [3.8, 4) is 11.5 Å².